The van der Waals surface area contributed by atoms with Crippen molar-refractivity contribution >= 4 is 35.2 Å². The first kappa shape index (κ1) is 20.7. The van der Waals surface area contributed by atoms with E-state index in [1.165, 1.54) is 11.3 Å². The number of anilines is 1. The molecule has 30 heavy (non-hydrogen) atoms. The van der Waals surface area contributed by atoms with Crippen LogP contribution in [-0.2, 0) is 4.79 Å². The Balaban J connectivity index is 1.22. The number of carbonyl (C=O) groups excluding carboxylic acids is 3. The van der Waals surface area contributed by atoms with Gasteiger partial charge in [0, 0.05) is 23.0 Å². The molecule has 1 heterocycles. The Morgan fingerprint density at radius 3 is 2.20 bits per heavy atom. The summed E-state index contributed by atoms with van der Waals surface area (Å²) in [5.41, 5.74) is 1.84. The molecular weight excluding hydrogens is 396 g/mol. The number of nitrogens with zero attached hydrogens (tertiary/aromatic N) is 1. The molecule has 0 aromatic heterocycles. The van der Waals surface area contributed by atoms with Crippen molar-refractivity contribution in [3.63, 3.8) is 0 Å². The SMILES string of the molecule is O=C(Nc1ccc(SCCCN2C(=O)c3ccccc3C2=O)cc1)C1CCCCC1. The zero-order valence-corrected chi connectivity index (χ0v) is 17.7. The van der Waals surface area contributed by atoms with Gasteiger partial charge in [-0.3, -0.25) is 19.3 Å². The van der Waals surface area contributed by atoms with Gasteiger partial charge in [0.1, 0.15) is 0 Å². The van der Waals surface area contributed by atoms with Crippen LogP contribution in [0.15, 0.2) is 53.4 Å². The molecule has 0 saturated heterocycles. The first-order valence-electron chi connectivity index (χ1n) is 10.6. The average Bonchev–Trinajstić information content (AvgIpc) is 3.03. The fourth-order valence-corrected chi connectivity index (χ4v) is 4.94. The number of thioether (sulfide) groups is 1. The van der Waals surface area contributed by atoms with Gasteiger partial charge < -0.3 is 5.32 Å². The molecule has 1 N–H and O–H groups in total. The first-order valence-corrected chi connectivity index (χ1v) is 11.6. The number of nitrogens with one attached hydrogen (secondary N) is 1. The van der Waals surface area contributed by atoms with Crippen molar-refractivity contribution in [1.82, 2.24) is 4.90 Å². The third-order valence-electron chi connectivity index (χ3n) is 5.77. The quantitative estimate of drug-likeness (QED) is 0.388. The van der Waals surface area contributed by atoms with Gasteiger partial charge in [0.05, 0.1) is 11.1 Å². The number of hydrogen-bond acceptors (Lipinski definition) is 4. The number of hydrogen-bond donors (Lipinski definition) is 1. The predicted octanol–water partition coefficient (Wildman–Crippen LogP) is 4.98. The molecule has 0 unspecified atom stereocenters. The monoisotopic (exact) mass is 422 g/mol. The number of fused-ring (bicyclic) bond motifs is 1. The molecule has 2 aliphatic rings. The summed E-state index contributed by atoms with van der Waals surface area (Å²) in [4.78, 5) is 39.5. The molecule has 2 aromatic carbocycles. The van der Waals surface area contributed by atoms with Crippen LogP contribution >= 0.6 is 11.8 Å². The van der Waals surface area contributed by atoms with Crippen LogP contribution in [0.3, 0.4) is 0 Å². The maximum Gasteiger partial charge on any atom is 0.261 e. The van der Waals surface area contributed by atoms with E-state index in [4.69, 9.17) is 0 Å². The molecule has 1 aliphatic heterocycles. The summed E-state index contributed by atoms with van der Waals surface area (Å²) in [6, 6.07) is 14.9. The van der Waals surface area contributed by atoms with Crippen molar-refractivity contribution in [2.24, 2.45) is 5.92 Å². The Kier molecular flexibility index (Phi) is 6.53. The van der Waals surface area contributed by atoms with Gasteiger partial charge in [-0.05, 0) is 61.4 Å². The molecule has 0 atom stereocenters. The van der Waals surface area contributed by atoms with E-state index in [1.54, 1.807) is 36.0 Å². The highest BCUT2D eigenvalue weighted by atomic mass is 32.2. The van der Waals surface area contributed by atoms with E-state index in [-0.39, 0.29) is 23.6 Å². The van der Waals surface area contributed by atoms with Crippen LogP contribution in [0.5, 0.6) is 0 Å². The summed E-state index contributed by atoms with van der Waals surface area (Å²) < 4.78 is 0. The molecule has 5 nitrogen and oxygen atoms in total. The number of rotatable bonds is 7. The van der Waals surface area contributed by atoms with E-state index < -0.39 is 0 Å². The van der Waals surface area contributed by atoms with Gasteiger partial charge in [-0.25, -0.2) is 0 Å². The summed E-state index contributed by atoms with van der Waals surface area (Å²) in [6.45, 7) is 0.425. The Labute approximate surface area is 181 Å². The van der Waals surface area contributed by atoms with Gasteiger partial charge in [-0.1, -0.05) is 31.4 Å². The molecule has 1 aliphatic carbocycles. The van der Waals surface area contributed by atoms with Gasteiger partial charge in [0.25, 0.3) is 11.8 Å². The van der Waals surface area contributed by atoms with Crippen LogP contribution in [-0.4, -0.2) is 34.9 Å². The van der Waals surface area contributed by atoms with Crippen LogP contribution in [0.25, 0.3) is 0 Å². The number of imide groups is 1. The van der Waals surface area contributed by atoms with Crippen LogP contribution in [0.4, 0.5) is 5.69 Å². The second-order valence-electron chi connectivity index (χ2n) is 7.86. The molecule has 1 fully saturated rings. The van der Waals surface area contributed by atoms with E-state index in [9.17, 15) is 14.4 Å². The van der Waals surface area contributed by atoms with Crippen LogP contribution < -0.4 is 5.32 Å². The lowest BCUT2D eigenvalue weighted by atomic mass is 9.88. The van der Waals surface area contributed by atoms with Crippen molar-refractivity contribution in [3.05, 3.63) is 59.7 Å². The van der Waals surface area contributed by atoms with Gasteiger partial charge in [0.15, 0.2) is 0 Å². The predicted molar refractivity (Wildman–Crippen MR) is 119 cm³/mol. The van der Waals surface area contributed by atoms with Crippen molar-refractivity contribution in [1.29, 1.82) is 0 Å². The highest BCUT2D eigenvalue weighted by molar-refractivity contribution is 7.99. The van der Waals surface area contributed by atoms with Crippen LogP contribution in [0.1, 0.15) is 59.2 Å². The average molecular weight is 423 g/mol. The second-order valence-corrected chi connectivity index (χ2v) is 9.03. The molecule has 0 bridgehead atoms. The fourth-order valence-electron chi connectivity index (χ4n) is 4.10. The Morgan fingerprint density at radius 2 is 1.57 bits per heavy atom. The van der Waals surface area contributed by atoms with Gasteiger partial charge >= 0.3 is 0 Å². The minimum Gasteiger partial charge on any atom is -0.326 e. The summed E-state index contributed by atoms with van der Waals surface area (Å²) in [5.74, 6) is 0.699. The van der Waals surface area contributed by atoms with Gasteiger partial charge in [-0.15, -0.1) is 11.8 Å². The van der Waals surface area contributed by atoms with Crippen LogP contribution in [0.2, 0.25) is 0 Å². The number of amides is 3. The first-order chi connectivity index (χ1) is 14.6. The minimum absolute atomic E-state index is 0.135. The summed E-state index contributed by atoms with van der Waals surface area (Å²) in [7, 11) is 0. The third kappa shape index (κ3) is 4.59. The summed E-state index contributed by atoms with van der Waals surface area (Å²) in [6.07, 6.45) is 6.25. The zero-order valence-electron chi connectivity index (χ0n) is 16.9. The molecule has 1 saturated carbocycles. The highest BCUT2D eigenvalue weighted by Crippen LogP contribution is 2.27. The zero-order chi connectivity index (χ0) is 20.9. The lowest BCUT2D eigenvalue weighted by Crippen LogP contribution is -2.30. The lowest BCUT2D eigenvalue weighted by molar-refractivity contribution is -0.120. The fraction of sp³-hybridized carbons (Fsp3) is 0.375. The van der Waals surface area contributed by atoms with E-state index in [0.29, 0.717) is 17.7 Å². The minimum atomic E-state index is -0.196. The van der Waals surface area contributed by atoms with Crippen molar-refractivity contribution in [2.75, 3.05) is 17.6 Å². The van der Waals surface area contributed by atoms with Gasteiger partial charge in [-0.2, -0.15) is 0 Å². The molecule has 6 heteroatoms. The normalized spacial score (nSPS) is 16.6. The molecular formula is C24H26N2O3S. The molecule has 4 rings (SSSR count). The summed E-state index contributed by atoms with van der Waals surface area (Å²) >= 11 is 1.68. The van der Waals surface area contributed by atoms with E-state index in [0.717, 1.165) is 48.4 Å². The second kappa shape index (κ2) is 9.47. The molecule has 0 radical (unpaired) electrons. The topological polar surface area (TPSA) is 66.5 Å². The van der Waals surface area contributed by atoms with E-state index >= 15 is 0 Å². The highest BCUT2D eigenvalue weighted by Gasteiger charge is 2.34. The Bertz CT molecular complexity index is 901. The van der Waals surface area contributed by atoms with Crippen molar-refractivity contribution in [2.45, 2.75) is 43.4 Å². The largest absolute Gasteiger partial charge is 0.326 e. The molecule has 0 spiro atoms. The van der Waals surface area contributed by atoms with E-state index in [2.05, 4.69) is 5.32 Å². The Morgan fingerprint density at radius 1 is 0.933 bits per heavy atom. The summed E-state index contributed by atoms with van der Waals surface area (Å²) in [5, 5.41) is 3.03. The van der Waals surface area contributed by atoms with E-state index in [1.807, 2.05) is 24.3 Å². The molecule has 2 aromatic rings. The number of carbonyl (C=O) groups is 3. The maximum atomic E-state index is 12.4. The third-order valence-corrected chi connectivity index (χ3v) is 6.87. The van der Waals surface area contributed by atoms with Crippen molar-refractivity contribution < 1.29 is 14.4 Å². The van der Waals surface area contributed by atoms with Gasteiger partial charge in [0.2, 0.25) is 5.91 Å². The number of benzene rings is 2. The maximum absolute atomic E-state index is 12.4. The van der Waals surface area contributed by atoms with Crippen molar-refractivity contribution in [3.8, 4) is 0 Å². The smallest absolute Gasteiger partial charge is 0.261 e. The Hall–Kier alpha value is -2.60. The lowest BCUT2D eigenvalue weighted by Gasteiger charge is -2.20. The molecule has 156 valence electrons. The standard InChI is InChI=1S/C24H26N2O3S/c27-22(17-7-2-1-3-8-17)25-18-11-13-19(14-12-18)30-16-6-15-26-23(28)20-9-4-5-10-21(20)24(26)29/h4-5,9-14,17H,1-3,6-8,15-16H2,(H,25,27). The molecule has 3 amide bonds. The van der Waals surface area contributed by atoms with Crippen LogP contribution in [0, 0.1) is 5.92 Å².